The molecule has 0 aliphatic rings. The summed E-state index contributed by atoms with van der Waals surface area (Å²) >= 11 is 0. The first kappa shape index (κ1) is 15.3. The Balaban J connectivity index is 2.48. The summed E-state index contributed by atoms with van der Waals surface area (Å²) in [5.41, 5.74) is -1.18. The summed E-state index contributed by atoms with van der Waals surface area (Å²) in [4.78, 5) is 2.93. The summed E-state index contributed by atoms with van der Waals surface area (Å²) in [5, 5.41) is 7.54. The van der Waals surface area contributed by atoms with Crippen molar-refractivity contribution in [3.05, 3.63) is 48.2 Å². The minimum atomic E-state index is -4.81. The van der Waals surface area contributed by atoms with E-state index in [0.29, 0.717) is 11.9 Å². The van der Waals surface area contributed by atoms with Crippen LogP contribution in [0.1, 0.15) is 5.56 Å². The van der Waals surface area contributed by atoms with Crippen LogP contribution in [0.15, 0.2) is 47.5 Å². The van der Waals surface area contributed by atoms with Gasteiger partial charge in [0, 0.05) is 11.9 Å². The molecule has 0 amide bonds. The van der Waals surface area contributed by atoms with Crippen molar-refractivity contribution < 1.29 is 21.6 Å². The van der Waals surface area contributed by atoms with Gasteiger partial charge in [-0.1, -0.05) is 6.07 Å². The Morgan fingerprint density at radius 2 is 1.86 bits per heavy atom. The third-order valence-electron chi connectivity index (χ3n) is 2.53. The van der Waals surface area contributed by atoms with E-state index in [1.807, 2.05) is 0 Å². The zero-order valence-electron chi connectivity index (χ0n) is 10.4. The van der Waals surface area contributed by atoms with Gasteiger partial charge in [-0.05, 0) is 30.3 Å². The number of nitrogens with one attached hydrogen (secondary N) is 1. The number of anilines is 2. The van der Waals surface area contributed by atoms with Crippen LogP contribution in [0.5, 0.6) is 0 Å². The number of aromatic nitrogens is 1. The van der Waals surface area contributed by atoms with Crippen molar-refractivity contribution in [2.75, 3.05) is 5.32 Å². The number of rotatable bonds is 3. The minimum absolute atomic E-state index is 0.130. The molecule has 0 fully saturated rings. The number of alkyl halides is 3. The van der Waals surface area contributed by atoms with Gasteiger partial charge in [-0.3, -0.25) is 0 Å². The molecule has 2 aromatic rings. The quantitative estimate of drug-likeness (QED) is 0.911. The van der Waals surface area contributed by atoms with Gasteiger partial charge >= 0.3 is 6.18 Å². The maximum atomic E-state index is 12.8. The molecule has 0 unspecified atom stereocenters. The standard InChI is InChI=1S/C12H10F3N3O2S/c13-12(14,15)9-5-4-8(7-10(9)21(16,19)20)18-11-3-1-2-6-17-11/h1-7H,(H,17,18)(H2,16,19,20). The van der Waals surface area contributed by atoms with Crippen molar-refractivity contribution in [3.63, 3.8) is 0 Å². The molecule has 112 valence electrons. The third-order valence-corrected chi connectivity index (χ3v) is 3.48. The average molecular weight is 317 g/mol. The Bertz CT molecular complexity index is 746. The smallest absolute Gasteiger partial charge is 0.340 e. The highest BCUT2D eigenvalue weighted by molar-refractivity contribution is 7.89. The summed E-state index contributed by atoms with van der Waals surface area (Å²) < 4.78 is 61.0. The van der Waals surface area contributed by atoms with E-state index >= 15 is 0 Å². The lowest BCUT2D eigenvalue weighted by molar-refractivity contribution is -0.139. The van der Waals surface area contributed by atoms with E-state index in [-0.39, 0.29) is 5.69 Å². The fourth-order valence-corrected chi connectivity index (χ4v) is 2.44. The zero-order valence-corrected chi connectivity index (χ0v) is 11.2. The van der Waals surface area contributed by atoms with Crippen molar-refractivity contribution in [3.8, 4) is 0 Å². The number of nitrogens with two attached hydrogens (primary N) is 1. The molecule has 1 aromatic heterocycles. The molecule has 1 heterocycles. The minimum Gasteiger partial charge on any atom is -0.340 e. The first-order valence-electron chi connectivity index (χ1n) is 5.60. The molecule has 0 radical (unpaired) electrons. The van der Waals surface area contributed by atoms with E-state index in [0.717, 1.165) is 12.1 Å². The topological polar surface area (TPSA) is 85.1 Å². The van der Waals surface area contributed by atoms with Crippen molar-refractivity contribution >= 4 is 21.5 Å². The van der Waals surface area contributed by atoms with Gasteiger partial charge in [0.25, 0.3) is 0 Å². The van der Waals surface area contributed by atoms with E-state index in [4.69, 9.17) is 5.14 Å². The Morgan fingerprint density at radius 1 is 1.14 bits per heavy atom. The Labute approximate surface area is 118 Å². The van der Waals surface area contributed by atoms with Gasteiger partial charge in [-0.15, -0.1) is 0 Å². The highest BCUT2D eigenvalue weighted by atomic mass is 32.2. The molecule has 0 aliphatic heterocycles. The molecule has 0 saturated heterocycles. The molecule has 0 aliphatic carbocycles. The number of hydrogen-bond acceptors (Lipinski definition) is 4. The number of sulfonamides is 1. The Morgan fingerprint density at radius 3 is 2.38 bits per heavy atom. The first-order chi connectivity index (χ1) is 9.68. The lowest BCUT2D eigenvalue weighted by atomic mass is 10.2. The largest absolute Gasteiger partial charge is 0.417 e. The van der Waals surface area contributed by atoms with Crippen LogP contribution in [-0.4, -0.2) is 13.4 Å². The van der Waals surface area contributed by atoms with E-state index in [9.17, 15) is 21.6 Å². The van der Waals surface area contributed by atoms with E-state index in [1.54, 1.807) is 18.2 Å². The van der Waals surface area contributed by atoms with Gasteiger partial charge in [-0.2, -0.15) is 13.2 Å². The second-order valence-electron chi connectivity index (χ2n) is 4.09. The highest BCUT2D eigenvalue weighted by Gasteiger charge is 2.36. The molecule has 0 atom stereocenters. The van der Waals surface area contributed by atoms with Crippen LogP contribution in [0.4, 0.5) is 24.7 Å². The molecular weight excluding hydrogens is 307 g/mol. The molecule has 21 heavy (non-hydrogen) atoms. The van der Waals surface area contributed by atoms with E-state index in [2.05, 4.69) is 10.3 Å². The zero-order chi connectivity index (χ0) is 15.7. The van der Waals surface area contributed by atoms with Crippen molar-refractivity contribution in [2.45, 2.75) is 11.1 Å². The van der Waals surface area contributed by atoms with Crippen LogP contribution in [0.25, 0.3) is 0 Å². The predicted molar refractivity (Wildman–Crippen MR) is 70.3 cm³/mol. The fourth-order valence-electron chi connectivity index (χ4n) is 1.65. The summed E-state index contributed by atoms with van der Waals surface area (Å²) in [6.07, 6.45) is -3.34. The maximum absolute atomic E-state index is 12.8. The Kier molecular flexibility index (Phi) is 3.88. The van der Waals surface area contributed by atoms with Gasteiger partial charge in [0.15, 0.2) is 0 Å². The number of nitrogens with zero attached hydrogens (tertiary/aromatic N) is 1. The van der Waals surface area contributed by atoms with Gasteiger partial charge in [0.1, 0.15) is 5.82 Å². The van der Waals surface area contributed by atoms with Gasteiger partial charge in [0.05, 0.1) is 10.5 Å². The first-order valence-corrected chi connectivity index (χ1v) is 7.14. The van der Waals surface area contributed by atoms with Crippen LogP contribution in [0.2, 0.25) is 0 Å². The van der Waals surface area contributed by atoms with Crippen LogP contribution in [-0.2, 0) is 16.2 Å². The third kappa shape index (κ3) is 3.70. The lowest BCUT2D eigenvalue weighted by Crippen LogP contribution is -2.19. The fraction of sp³-hybridized carbons (Fsp3) is 0.0833. The average Bonchev–Trinajstić information content (AvgIpc) is 2.37. The highest BCUT2D eigenvalue weighted by Crippen LogP contribution is 2.35. The Hall–Kier alpha value is -2.13. The monoisotopic (exact) mass is 317 g/mol. The summed E-state index contributed by atoms with van der Waals surface area (Å²) in [7, 11) is -4.51. The van der Waals surface area contributed by atoms with Gasteiger partial charge < -0.3 is 5.32 Å². The molecule has 0 saturated carbocycles. The second kappa shape index (κ2) is 5.34. The molecule has 2 rings (SSSR count). The number of halogens is 3. The number of benzene rings is 1. The lowest BCUT2D eigenvalue weighted by Gasteiger charge is -2.13. The second-order valence-corrected chi connectivity index (χ2v) is 5.62. The molecule has 0 spiro atoms. The molecular formula is C12H10F3N3O2S. The van der Waals surface area contributed by atoms with Gasteiger partial charge in [-0.25, -0.2) is 18.5 Å². The molecule has 3 N–H and O–H groups in total. The van der Waals surface area contributed by atoms with Crippen molar-refractivity contribution in [1.82, 2.24) is 4.98 Å². The van der Waals surface area contributed by atoms with Gasteiger partial charge in [0.2, 0.25) is 10.0 Å². The van der Waals surface area contributed by atoms with Crippen molar-refractivity contribution in [2.24, 2.45) is 5.14 Å². The number of primary sulfonamides is 1. The molecule has 5 nitrogen and oxygen atoms in total. The van der Waals surface area contributed by atoms with E-state index in [1.165, 1.54) is 6.20 Å². The normalized spacial score (nSPS) is 12.2. The van der Waals surface area contributed by atoms with Crippen LogP contribution in [0.3, 0.4) is 0 Å². The maximum Gasteiger partial charge on any atom is 0.417 e. The SMILES string of the molecule is NS(=O)(=O)c1cc(Nc2ccccn2)ccc1C(F)(F)F. The van der Waals surface area contributed by atoms with Crippen LogP contribution in [0, 0.1) is 0 Å². The van der Waals surface area contributed by atoms with E-state index < -0.39 is 26.7 Å². The summed E-state index contributed by atoms with van der Waals surface area (Å²) in [6.45, 7) is 0. The molecule has 0 bridgehead atoms. The predicted octanol–water partition coefficient (Wildman–Crippen LogP) is 2.49. The summed E-state index contributed by atoms with van der Waals surface area (Å²) in [6, 6.07) is 7.49. The number of pyridine rings is 1. The number of hydrogen-bond donors (Lipinski definition) is 2. The molecule has 1 aromatic carbocycles. The summed E-state index contributed by atoms with van der Waals surface area (Å²) in [5.74, 6) is 0.359. The van der Waals surface area contributed by atoms with Crippen LogP contribution < -0.4 is 10.5 Å². The molecule has 9 heteroatoms. The van der Waals surface area contributed by atoms with Crippen molar-refractivity contribution in [1.29, 1.82) is 0 Å². The van der Waals surface area contributed by atoms with Crippen LogP contribution >= 0.6 is 0 Å².